The molecule has 0 amide bonds. The molecule has 2 aromatic heterocycles. The number of anilines is 1. The summed E-state index contributed by atoms with van der Waals surface area (Å²) in [6.45, 7) is 0. The fourth-order valence-corrected chi connectivity index (χ4v) is 3.69. The Morgan fingerprint density at radius 3 is 2.64 bits per heavy atom. The number of rotatable bonds is 3. The van der Waals surface area contributed by atoms with Gasteiger partial charge in [0.05, 0.1) is 16.5 Å². The van der Waals surface area contributed by atoms with Crippen molar-refractivity contribution in [2.75, 3.05) is 5.73 Å². The van der Waals surface area contributed by atoms with Crippen LogP contribution < -0.4 is 10.8 Å². The number of pyridine rings is 1. The van der Waals surface area contributed by atoms with Crippen LogP contribution in [0.4, 0.5) is 5.69 Å². The molecule has 1 saturated carbocycles. The van der Waals surface area contributed by atoms with Crippen LogP contribution in [0.2, 0.25) is 0 Å². The zero-order valence-electron chi connectivity index (χ0n) is 11.7. The summed E-state index contributed by atoms with van der Waals surface area (Å²) in [6.07, 6.45) is 2.28. The third kappa shape index (κ3) is 2.05. The molecule has 0 aliphatic heterocycles. The van der Waals surface area contributed by atoms with E-state index in [9.17, 15) is 9.90 Å². The van der Waals surface area contributed by atoms with Gasteiger partial charge < -0.3 is 15.6 Å². The van der Waals surface area contributed by atoms with Crippen LogP contribution >= 0.6 is 11.3 Å². The first kappa shape index (κ1) is 13.3. The molecule has 2 heterocycles. The van der Waals surface area contributed by atoms with E-state index in [1.54, 1.807) is 0 Å². The number of nitrogen functional groups attached to an aromatic ring is 1. The molecule has 1 aliphatic rings. The molecule has 5 heteroatoms. The molecule has 0 saturated heterocycles. The van der Waals surface area contributed by atoms with Crippen LogP contribution in [0.3, 0.4) is 0 Å². The Labute approximate surface area is 131 Å². The minimum Gasteiger partial charge on any atom is -0.544 e. The molecule has 110 valence electrons. The molecule has 4 rings (SSSR count). The maximum Gasteiger partial charge on any atom is 0.126 e. The second kappa shape index (κ2) is 4.81. The van der Waals surface area contributed by atoms with Crippen LogP contribution in [0.5, 0.6) is 0 Å². The van der Waals surface area contributed by atoms with Gasteiger partial charge in [0, 0.05) is 17.0 Å². The van der Waals surface area contributed by atoms with Crippen LogP contribution in [-0.2, 0) is 0 Å². The van der Waals surface area contributed by atoms with E-state index in [1.807, 2.05) is 30.3 Å². The van der Waals surface area contributed by atoms with Gasteiger partial charge in [0.2, 0.25) is 0 Å². The molecule has 0 bridgehead atoms. The summed E-state index contributed by atoms with van der Waals surface area (Å²) in [7, 11) is 0. The number of carboxylic acid groups (broad SMARTS) is 1. The minimum atomic E-state index is -1.24. The number of nitrogens with zero attached hydrogens (tertiary/aromatic N) is 1. The second-order valence-corrected chi connectivity index (χ2v) is 6.55. The number of nitrogens with two attached hydrogens (primary N) is 1. The summed E-state index contributed by atoms with van der Waals surface area (Å²) in [5.41, 5.74) is 9.33. The Balaban J connectivity index is 2.05. The number of hydrogen-bond acceptors (Lipinski definition) is 5. The van der Waals surface area contributed by atoms with Crippen molar-refractivity contribution in [2.45, 2.75) is 18.8 Å². The molecule has 0 spiro atoms. The van der Waals surface area contributed by atoms with Gasteiger partial charge in [-0.15, -0.1) is 11.3 Å². The smallest absolute Gasteiger partial charge is 0.126 e. The number of benzene rings is 1. The van der Waals surface area contributed by atoms with E-state index in [1.165, 1.54) is 0 Å². The Bertz CT molecular complexity index is 883. The van der Waals surface area contributed by atoms with Crippen molar-refractivity contribution >= 4 is 33.2 Å². The van der Waals surface area contributed by atoms with Crippen LogP contribution in [0.15, 0.2) is 36.4 Å². The van der Waals surface area contributed by atoms with Crippen molar-refractivity contribution in [3.8, 4) is 11.1 Å². The quantitative estimate of drug-likeness (QED) is 0.807. The van der Waals surface area contributed by atoms with E-state index in [0.717, 1.165) is 46.4 Å². The van der Waals surface area contributed by atoms with E-state index in [-0.39, 0.29) is 10.6 Å². The lowest BCUT2D eigenvalue weighted by Gasteiger charge is -2.08. The third-order valence-corrected chi connectivity index (χ3v) is 5.06. The van der Waals surface area contributed by atoms with Crippen molar-refractivity contribution in [3.05, 3.63) is 47.0 Å². The third-order valence-electron chi connectivity index (χ3n) is 3.98. The normalized spacial score (nSPS) is 14.4. The minimum absolute atomic E-state index is 0.0626. The standard InChI is InChI=1S/C17H14N2O2S/c18-14-13-11(9-4-2-1-3-5-9)8-12(10-6-7-10)19-16(13)22-15(14)17(20)21/h1-5,8,10H,6-7,18H2,(H,20,21)/p-1. The van der Waals surface area contributed by atoms with Crippen LogP contribution in [0.1, 0.15) is 34.1 Å². The second-order valence-electron chi connectivity index (χ2n) is 5.55. The molecule has 0 radical (unpaired) electrons. The molecule has 0 atom stereocenters. The molecule has 1 fully saturated rings. The van der Waals surface area contributed by atoms with E-state index in [0.29, 0.717) is 10.7 Å². The molecular formula is C17H13N2O2S-. The maximum absolute atomic E-state index is 11.3. The lowest BCUT2D eigenvalue weighted by molar-refractivity contribution is -0.254. The highest BCUT2D eigenvalue weighted by atomic mass is 32.1. The topological polar surface area (TPSA) is 79.0 Å². The van der Waals surface area contributed by atoms with Crippen molar-refractivity contribution in [1.29, 1.82) is 0 Å². The number of carboxylic acids is 1. The van der Waals surface area contributed by atoms with Crippen LogP contribution in [0, 0.1) is 0 Å². The zero-order valence-corrected chi connectivity index (χ0v) is 12.5. The first-order chi connectivity index (χ1) is 10.6. The fourth-order valence-electron chi connectivity index (χ4n) is 2.73. The largest absolute Gasteiger partial charge is 0.544 e. The SMILES string of the molecule is Nc1c(C(=O)[O-])sc2nc(C3CC3)cc(-c3ccccc3)c12. The monoisotopic (exact) mass is 309 g/mol. The van der Waals surface area contributed by atoms with Crippen molar-refractivity contribution in [1.82, 2.24) is 4.98 Å². The number of aromatic carboxylic acids is 1. The van der Waals surface area contributed by atoms with Crippen molar-refractivity contribution in [2.24, 2.45) is 0 Å². The number of carbonyl (C=O) groups excluding carboxylic acids is 1. The average Bonchev–Trinajstić information content (AvgIpc) is 3.32. The van der Waals surface area contributed by atoms with Gasteiger partial charge >= 0.3 is 0 Å². The van der Waals surface area contributed by atoms with E-state index in [2.05, 4.69) is 11.1 Å². The van der Waals surface area contributed by atoms with Crippen LogP contribution in [-0.4, -0.2) is 11.0 Å². The Hall–Kier alpha value is -2.40. The molecule has 22 heavy (non-hydrogen) atoms. The molecular weight excluding hydrogens is 296 g/mol. The van der Waals surface area contributed by atoms with Gasteiger partial charge in [-0.1, -0.05) is 30.3 Å². The summed E-state index contributed by atoms with van der Waals surface area (Å²) in [6, 6.07) is 11.9. The summed E-state index contributed by atoms with van der Waals surface area (Å²) < 4.78 is 0. The predicted octanol–water partition coefficient (Wildman–Crippen LogP) is 2.79. The predicted molar refractivity (Wildman–Crippen MR) is 85.8 cm³/mol. The lowest BCUT2D eigenvalue weighted by Crippen LogP contribution is -2.21. The van der Waals surface area contributed by atoms with E-state index < -0.39 is 5.97 Å². The van der Waals surface area contributed by atoms with Crippen LogP contribution in [0.25, 0.3) is 21.3 Å². The number of carbonyl (C=O) groups is 1. The van der Waals surface area contributed by atoms with E-state index >= 15 is 0 Å². The first-order valence-electron chi connectivity index (χ1n) is 7.15. The van der Waals surface area contributed by atoms with Gasteiger partial charge in [-0.2, -0.15) is 0 Å². The summed E-state index contributed by atoms with van der Waals surface area (Å²) >= 11 is 1.10. The van der Waals surface area contributed by atoms with Gasteiger partial charge in [-0.05, 0) is 30.0 Å². The number of hydrogen-bond donors (Lipinski definition) is 1. The summed E-state index contributed by atoms with van der Waals surface area (Å²) in [4.78, 5) is 16.6. The molecule has 4 nitrogen and oxygen atoms in total. The zero-order chi connectivity index (χ0) is 15.3. The molecule has 3 aromatic rings. The highest BCUT2D eigenvalue weighted by Gasteiger charge is 2.27. The highest BCUT2D eigenvalue weighted by Crippen LogP contribution is 2.45. The Kier molecular flexibility index (Phi) is 2.90. The van der Waals surface area contributed by atoms with Gasteiger partial charge in [0.25, 0.3) is 0 Å². The molecule has 1 aromatic carbocycles. The molecule has 2 N–H and O–H groups in total. The lowest BCUT2D eigenvalue weighted by atomic mass is 10.0. The molecule has 1 aliphatic carbocycles. The molecule has 0 unspecified atom stereocenters. The van der Waals surface area contributed by atoms with Crippen molar-refractivity contribution in [3.63, 3.8) is 0 Å². The fraction of sp³-hybridized carbons (Fsp3) is 0.176. The van der Waals surface area contributed by atoms with Gasteiger partial charge in [-0.25, -0.2) is 4.98 Å². The van der Waals surface area contributed by atoms with Gasteiger partial charge in [-0.3, -0.25) is 0 Å². The Morgan fingerprint density at radius 1 is 1.27 bits per heavy atom. The van der Waals surface area contributed by atoms with Gasteiger partial charge in [0.1, 0.15) is 4.83 Å². The van der Waals surface area contributed by atoms with Crippen molar-refractivity contribution < 1.29 is 9.90 Å². The highest BCUT2D eigenvalue weighted by molar-refractivity contribution is 7.21. The maximum atomic E-state index is 11.3. The number of aromatic nitrogens is 1. The van der Waals surface area contributed by atoms with E-state index in [4.69, 9.17) is 5.73 Å². The number of thiophene rings is 1. The number of fused-ring (bicyclic) bond motifs is 1. The Morgan fingerprint density at radius 2 is 2.00 bits per heavy atom. The first-order valence-corrected chi connectivity index (χ1v) is 7.96. The average molecular weight is 309 g/mol. The summed E-state index contributed by atoms with van der Waals surface area (Å²) in [5.74, 6) is -0.755. The van der Waals surface area contributed by atoms with Gasteiger partial charge in [0.15, 0.2) is 0 Å². The summed E-state index contributed by atoms with van der Waals surface area (Å²) in [5, 5.41) is 12.0.